The molecular weight excluding hydrogens is 542 g/mol. The molecule has 1 atom stereocenters. The van der Waals surface area contributed by atoms with Crippen LogP contribution in [0.2, 0.25) is 5.02 Å². The van der Waals surface area contributed by atoms with E-state index in [4.69, 9.17) is 21.1 Å². The molecule has 1 unspecified atom stereocenters. The topological polar surface area (TPSA) is 98.6 Å². The number of rotatable bonds is 10. The van der Waals surface area contributed by atoms with Gasteiger partial charge in [0.25, 0.3) is 5.91 Å². The zero-order valence-electron chi connectivity index (χ0n) is 22.5. The van der Waals surface area contributed by atoms with E-state index in [1.807, 2.05) is 36.4 Å². The highest BCUT2D eigenvalue weighted by atomic mass is 35.5. The maximum absolute atomic E-state index is 14.1. The Balaban J connectivity index is 1.55. The lowest BCUT2D eigenvalue weighted by Crippen LogP contribution is -2.42. The Bertz CT molecular complexity index is 1650. The van der Waals surface area contributed by atoms with E-state index in [-0.39, 0.29) is 19.0 Å². The van der Waals surface area contributed by atoms with Crippen LogP contribution in [0.5, 0.6) is 11.5 Å². The number of carbonyl (C=O) groups is 2. The first-order chi connectivity index (χ1) is 19.9. The zero-order valence-corrected chi connectivity index (χ0v) is 23.3. The van der Waals surface area contributed by atoms with E-state index in [0.717, 1.165) is 5.56 Å². The number of benzene rings is 4. The fourth-order valence-electron chi connectivity index (χ4n) is 4.53. The number of para-hydroxylation sites is 1. The molecule has 0 aliphatic rings. The van der Waals surface area contributed by atoms with E-state index in [1.54, 1.807) is 74.9 Å². The Morgan fingerprint density at radius 3 is 2.37 bits per heavy atom. The fourth-order valence-corrected chi connectivity index (χ4v) is 4.66. The van der Waals surface area contributed by atoms with Gasteiger partial charge in [0.15, 0.2) is 0 Å². The Morgan fingerprint density at radius 2 is 1.63 bits per heavy atom. The first kappa shape index (κ1) is 27.7. The second-order valence-electron chi connectivity index (χ2n) is 9.28. The van der Waals surface area contributed by atoms with Crippen LogP contribution >= 0.6 is 11.6 Å². The minimum Gasteiger partial charge on any atom is -0.497 e. The Morgan fingerprint density at radius 1 is 0.902 bits per heavy atom. The summed E-state index contributed by atoms with van der Waals surface area (Å²) in [4.78, 5) is 29.7. The van der Waals surface area contributed by atoms with Crippen LogP contribution in [-0.4, -0.2) is 45.9 Å². The molecule has 208 valence electrons. The van der Waals surface area contributed by atoms with Crippen molar-refractivity contribution in [1.29, 1.82) is 0 Å². The third-order valence-corrected chi connectivity index (χ3v) is 6.87. The van der Waals surface area contributed by atoms with Gasteiger partial charge in [-0.2, -0.15) is 0 Å². The number of fused-ring (bicyclic) bond motifs is 1. The monoisotopic (exact) mass is 569 g/mol. The van der Waals surface area contributed by atoms with E-state index < -0.39 is 11.9 Å². The summed E-state index contributed by atoms with van der Waals surface area (Å²) >= 11 is 6.13. The highest BCUT2D eigenvalue weighted by Crippen LogP contribution is 2.29. The van der Waals surface area contributed by atoms with Crippen LogP contribution in [0.25, 0.3) is 11.0 Å². The average molecular weight is 570 g/mol. The van der Waals surface area contributed by atoms with E-state index in [0.29, 0.717) is 38.8 Å². The molecule has 0 aliphatic carbocycles. The molecule has 5 rings (SSSR count). The van der Waals surface area contributed by atoms with Crippen LogP contribution in [0, 0.1) is 0 Å². The van der Waals surface area contributed by atoms with Crippen molar-refractivity contribution in [1.82, 2.24) is 19.9 Å². The highest BCUT2D eigenvalue weighted by molar-refractivity contribution is 6.30. The number of amides is 2. The molecule has 4 aromatic carbocycles. The number of methoxy groups -OCH3 is 2. The van der Waals surface area contributed by atoms with Gasteiger partial charge in [0.2, 0.25) is 5.91 Å². The maximum Gasteiger partial charge on any atom is 0.251 e. The molecule has 5 aromatic rings. The Hall–Kier alpha value is -4.89. The van der Waals surface area contributed by atoms with Crippen LogP contribution in [0.3, 0.4) is 0 Å². The molecule has 0 fully saturated rings. The number of anilines is 1. The lowest BCUT2D eigenvalue weighted by molar-refractivity contribution is -0.140. The van der Waals surface area contributed by atoms with Gasteiger partial charge in [-0.15, -0.1) is 5.10 Å². The molecule has 1 heterocycles. The molecule has 1 N–H and O–H groups in total. The Kier molecular flexibility index (Phi) is 8.45. The van der Waals surface area contributed by atoms with E-state index in [1.165, 1.54) is 9.58 Å². The molecule has 1 aromatic heterocycles. The van der Waals surface area contributed by atoms with Crippen LogP contribution in [0.15, 0.2) is 97.1 Å². The summed E-state index contributed by atoms with van der Waals surface area (Å²) in [5.74, 6) is 0.500. The third-order valence-electron chi connectivity index (χ3n) is 6.62. The van der Waals surface area contributed by atoms with Crippen molar-refractivity contribution in [3.05, 3.63) is 113 Å². The molecule has 0 saturated carbocycles. The number of carbonyl (C=O) groups excluding carboxylic acids is 2. The number of ether oxygens (including phenoxy) is 2. The average Bonchev–Trinajstić information content (AvgIpc) is 3.41. The molecular formula is C31H28ClN5O4. The SMILES string of the molecule is COc1ccc(NC(=O)C(c2cccc(OC)c2)N(Cc2ccc(Cl)cc2)C(=O)Cn2nnc3ccccc32)cc1. The fraction of sp³-hybridized carbons (Fsp3) is 0.161. The minimum atomic E-state index is -1.01. The first-order valence-corrected chi connectivity index (χ1v) is 13.2. The van der Waals surface area contributed by atoms with Gasteiger partial charge in [0, 0.05) is 17.3 Å². The van der Waals surface area contributed by atoms with Crippen molar-refractivity contribution in [2.75, 3.05) is 19.5 Å². The number of halogens is 1. The molecule has 0 radical (unpaired) electrons. The summed E-state index contributed by atoms with van der Waals surface area (Å²) in [6.07, 6.45) is 0. The molecule has 2 amide bonds. The maximum atomic E-state index is 14.1. The van der Waals surface area contributed by atoms with E-state index >= 15 is 0 Å². The van der Waals surface area contributed by atoms with E-state index in [2.05, 4.69) is 15.6 Å². The lowest BCUT2D eigenvalue weighted by atomic mass is 10.0. The van der Waals surface area contributed by atoms with Crippen molar-refractivity contribution < 1.29 is 19.1 Å². The van der Waals surface area contributed by atoms with Gasteiger partial charge in [0.05, 0.1) is 19.7 Å². The molecule has 0 saturated heterocycles. The predicted molar refractivity (Wildman–Crippen MR) is 157 cm³/mol. The third kappa shape index (κ3) is 6.47. The van der Waals surface area contributed by atoms with Gasteiger partial charge in [0.1, 0.15) is 29.6 Å². The first-order valence-electron chi connectivity index (χ1n) is 12.9. The van der Waals surface area contributed by atoms with Crippen LogP contribution < -0.4 is 14.8 Å². The molecule has 0 spiro atoms. The number of hydrogen-bond acceptors (Lipinski definition) is 6. The largest absolute Gasteiger partial charge is 0.497 e. The summed E-state index contributed by atoms with van der Waals surface area (Å²) in [6.45, 7) is 0.0188. The quantitative estimate of drug-likeness (QED) is 0.238. The van der Waals surface area contributed by atoms with Crippen molar-refractivity contribution in [2.45, 2.75) is 19.1 Å². The van der Waals surface area contributed by atoms with Gasteiger partial charge in [-0.05, 0) is 71.8 Å². The second-order valence-corrected chi connectivity index (χ2v) is 9.72. The number of aromatic nitrogens is 3. The van der Waals surface area contributed by atoms with Gasteiger partial charge in [-0.1, -0.05) is 53.2 Å². The molecule has 10 heteroatoms. The van der Waals surface area contributed by atoms with Crippen LogP contribution in [0.1, 0.15) is 17.2 Å². The molecule has 9 nitrogen and oxygen atoms in total. The summed E-state index contributed by atoms with van der Waals surface area (Å²) in [5, 5.41) is 11.9. The summed E-state index contributed by atoms with van der Waals surface area (Å²) in [6, 6.07) is 27.7. The van der Waals surface area contributed by atoms with Gasteiger partial charge in [-0.3, -0.25) is 9.59 Å². The predicted octanol–water partition coefficient (Wildman–Crippen LogP) is 5.51. The highest BCUT2D eigenvalue weighted by Gasteiger charge is 2.32. The molecule has 0 bridgehead atoms. The number of nitrogens with zero attached hydrogens (tertiary/aromatic N) is 4. The van der Waals surface area contributed by atoms with Gasteiger partial charge < -0.3 is 19.7 Å². The standard InChI is InChI=1S/C31H28ClN5O4/c1-40-25-16-14-24(15-17-25)33-31(39)30(22-6-5-7-26(18-22)41-2)36(19-21-10-12-23(32)13-11-21)29(38)20-37-28-9-4-3-8-27(28)34-35-37/h3-18,30H,19-20H2,1-2H3,(H,33,39). The summed E-state index contributed by atoms with van der Waals surface area (Å²) in [5.41, 5.74) is 3.33. The van der Waals surface area contributed by atoms with Crippen LogP contribution in [0.4, 0.5) is 5.69 Å². The minimum absolute atomic E-state index is 0.121. The van der Waals surface area contributed by atoms with Crippen LogP contribution in [-0.2, 0) is 22.7 Å². The van der Waals surface area contributed by atoms with Crippen molar-refractivity contribution in [3.63, 3.8) is 0 Å². The van der Waals surface area contributed by atoms with E-state index in [9.17, 15) is 9.59 Å². The normalized spacial score (nSPS) is 11.6. The Labute approximate surface area is 242 Å². The molecule has 41 heavy (non-hydrogen) atoms. The van der Waals surface area contributed by atoms with Crippen molar-refractivity contribution in [2.24, 2.45) is 0 Å². The second kappa shape index (κ2) is 12.5. The van der Waals surface area contributed by atoms with Gasteiger partial charge >= 0.3 is 0 Å². The zero-order chi connectivity index (χ0) is 28.8. The van der Waals surface area contributed by atoms with Gasteiger partial charge in [-0.25, -0.2) is 4.68 Å². The summed E-state index contributed by atoms with van der Waals surface area (Å²) < 4.78 is 12.2. The van der Waals surface area contributed by atoms with Crippen molar-refractivity contribution in [3.8, 4) is 11.5 Å². The smallest absolute Gasteiger partial charge is 0.251 e. The number of nitrogens with one attached hydrogen (secondary N) is 1. The summed E-state index contributed by atoms with van der Waals surface area (Å²) in [7, 11) is 3.13. The number of hydrogen-bond donors (Lipinski definition) is 1. The molecule has 0 aliphatic heterocycles. The lowest BCUT2D eigenvalue weighted by Gasteiger charge is -2.32. The van der Waals surface area contributed by atoms with Crippen molar-refractivity contribution >= 4 is 40.1 Å².